The minimum atomic E-state index is -1.89. The number of aromatic nitrogens is 2. The second-order valence-electron chi connectivity index (χ2n) is 9.73. The fourth-order valence-electron chi connectivity index (χ4n) is 6.18. The van der Waals surface area contributed by atoms with Crippen LogP contribution in [0.2, 0.25) is 0 Å². The average Bonchev–Trinajstić information content (AvgIpc) is 3.47. The van der Waals surface area contributed by atoms with Crippen molar-refractivity contribution >= 4 is 22.8 Å². The van der Waals surface area contributed by atoms with Crippen molar-refractivity contribution in [3.8, 4) is 22.9 Å². The number of nitrogens with one attached hydrogen (secondary N) is 1. The van der Waals surface area contributed by atoms with Crippen LogP contribution in [-0.4, -0.2) is 33.3 Å². The molecular weight excluding hydrogens is 466 g/mol. The number of carbonyl (C=O) groups excluding carboxylic acids is 2. The Balaban J connectivity index is 1.54. The summed E-state index contributed by atoms with van der Waals surface area (Å²) in [6.07, 6.45) is 1.42. The summed E-state index contributed by atoms with van der Waals surface area (Å²) >= 11 is 0. The number of rotatable bonds is 2. The zero-order valence-electron chi connectivity index (χ0n) is 19.8. The van der Waals surface area contributed by atoms with E-state index >= 15 is 0 Å². The molecule has 3 aromatic rings. The SMILES string of the molecule is CC[C@@]1(O)C(=O)OCc2c1cc1n(c2=O)Cc2c-1nc1cc3c(c4c1c2C(NC(C)=O)CC4)OCO3. The Morgan fingerprint density at radius 2 is 2.06 bits per heavy atom. The van der Waals surface area contributed by atoms with Gasteiger partial charge in [0.1, 0.15) is 6.61 Å². The molecule has 1 amide bonds. The summed E-state index contributed by atoms with van der Waals surface area (Å²) in [5.74, 6) is 0.427. The lowest BCUT2D eigenvalue weighted by molar-refractivity contribution is -0.172. The van der Waals surface area contributed by atoms with Crippen molar-refractivity contribution in [3.05, 3.63) is 50.3 Å². The van der Waals surface area contributed by atoms with Crippen LogP contribution >= 0.6 is 0 Å². The smallest absolute Gasteiger partial charge is 0.343 e. The maximum Gasteiger partial charge on any atom is 0.343 e. The number of aliphatic hydroxyl groups is 1. The van der Waals surface area contributed by atoms with Gasteiger partial charge in [-0.3, -0.25) is 9.59 Å². The molecule has 10 heteroatoms. The first-order chi connectivity index (χ1) is 17.3. The van der Waals surface area contributed by atoms with Crippen molar-refractivity contribution in [1.82, 2.24) is 14.9 Å². The first-order valence-electron chi connectivity index (χ1n) is 12.0. The highest BCUT2D eigenvalue weighted by molar-refractivity contribution is 5.96. The summed E-state index contributed by atoms with van der Waals surface area (Å²) < 4.78 is 18.2. The van der Waals surface area contributed by atoms with Crippen LogP contribution in [0.4, 0.5) is 0 Å². The van der Waals surface area contributed by atoms with Crippen LogP contribution in [0.15, 0.2) is 16.9 Å². The van der Waals surface area contributed by atoms with Gasteiger partial charge in [-0.2, -0.15) is 0 Å². The van der Waals surface area contributed by atoms with Gasteiger partial charge < -0.3 is 29.2 Å². The summed E-state index contributed by atoms with van der Waals surface area (Å²) in [6, 6.07) is 3.27. The third kappa shape index (κ3) is 2.59. The van der Waals surface area contributed by atoms with E-state index < -0.39 is 11.6 Å². The number of pyridine rings is 2. The van der Waals surface area contributed by atoms with Crippen molar-refractivity contribution < 1.29 is 28.9 Å². The van der Waals surface area contributed by atoms with E-state index in [-0.39, 0.29) is 55.0 Å². The number of carbonyl (C=O) groups is 2. The van der Waals surface area contributed by atoms with E-state index in [0.717, 1.165) is 22.1 Å². The van der Waals surface area contributed by atoms with Crippen LogP contribution in [0, 0.1) is 0 Å². The van der Waals surface area contributed by atoms with E-state index in [1.54, 1.807) is 17.6 Å². The Morgan fingerprint density at radius 1 is 1.22 bits per heavy atom. The molecule has 5 heterocycles. The Kier molecular flexibility index (Phi) is 4.20. The van der Waals surface area contributed by atoms with E-state index in [9.17, 15) is 19.5 Å². The number of nitrogens with zero attached hydrogens (tertiary/aromatic N) is 2. The molecule has 0 saturated heterocycles. The summed E-state index contributed by atoms with van der Waals surface area (Å²) in [5, 5.41) is 15.1. The van der Waals surface area contributed by atoms with Gasteiger partial charge in [-0.05, 0) is 30.9 Å². The molecule has 1 unspecified atom stereocenters. The molecule has 2 atom stereocenters. The number of aryl methyl sites for hydroxylation is 1. The number of benzene rings is 1. The summed E-state index contributed by atoms with van der Waals surface area (Å²) in [4.78, 5) is 43.2. The van der Waals surface area contributed by atoms with Crippen molar-refractivity contribution in [3.63, 3.8) is 0 Å². The summed E-state index contributed by atoms with van der Waals surface area (Å²) in [6.45, 7) is 3.38. The predicted octanol–water partition coefficient (Wildman–Crippen LogP) is 1.93. The Labute approximate surface area is 204 Å². The van der Waals surface area contributed by atoms with Crippen LogP contribution in [0.3, 0.4) is 0 Å². The van der Waals surface area contributed by atoms with Gasteiger partial charge in [0, 0.05) is 35.1 Å². The Hall–Kier alpha value is -3.92. The minimum Gasteiger partial charge on any atom is -0.458 e. The fraction of sp³-hybridized carbons (Fsp3) is 0.385. The van der Waals surface area contributed by atoms with Gasteiger partial charge in [-0.1, -0.05) is 6.92 Å². The second kappa shape index (κ2) is 7.07. The van der Waals surface area contributed by atoms with E-state index in [0.29, 0.717) is 41.2 Å². The van der Waals surface area contributed by atoms with E-state index in [2.05, 4.69) is 5.32 Å². The zero-order valence-corrected chi connectivity index (χ0v) is 19.8. The molecule has 184 valence electrons. The van der Waals surface area contributed by atoms with E-state index in [4.69, 9.17) is 19.2 Å². The summed E-state index contributed by atoms with van der Waals surface area (Å²) in [7, 11) is 0. The van der Waals surface area contributed by atoms with Crippen molar-refractivity contribution in [1.29, 1.82) is 0 Å². The lowest BCUT2D eigenvalue weighted by Crippen LogP contribution is -2.44. The molecule has 2 aromatic heterocycles. The molecule has 1 aromatic carbocycles. The highest BCUT2D eigenvalue weighted by Crippen LogP contribution is 2.50. The molecule has 0 saturated carbocycles. The van der Waals surface area contributed by atoms with Crippen LogP contribution in [0.1, 0.15) is 60.5 Å². The lowest BCUT2D eigenvalue weighted by atomic mass is 9.82. The molecule has 1 aliphatic carbocycles. The predicted molar refractivity (Wildman–Crippen MR) is 126 cm³/mol. The highest BCUT2D eigenvalue weighted by atomic mass is 16.7. The van der Waals surface area contributed by atoms with Gasteiger partial charge in [-0.15, -0.1) is 0 Å². The molecule has 3 aliphatic heterocycles. The maximum atomic E-state index is 13.6. The summed E-state index contributed by atoms with van der Waals surface area (Å²) in [5.41, 5.74) is 2.88. The fourth-order valence-corrected chi connectivity index (χ4v) is 6.18. The molecule has 0 radical (unpaired) electrons. The number of hydrogen-bond acceptors (Lipinski definition) is 8. The molecular formula is C26H23N3O7. The van der Waals surface area contributed by atoms with Crippen molar-refractivity contribution in [2.45, 2.75) is 57.9 Å². The second-order valence-corrected chi connectivity index (χ2v) is 9.73. The number of hydrogen-bond donors (Lipinski definition) is 2. The van der Waals surface area contributed by atoms with Crippen LogP contribution < -0.4 is 20.3 Å². The minimum absolute atomic E-state index is 0.0718. The molecule has 7 rings (SSSR count). The largest absolute Gasteiger partial charge is 0.458 e. The Morgan fingerprint density at radius 3 is 2.83 bits per heavy atom. The number of cyclic esters (lactones) is 1. The highest BCUT2D eigenvalue weighted by Gasteiger charge is 2.46. The third-order valence-corrected chi connectivity index (χ3v) is 7.86. The quantitative estimate of drug-likeness (QED) is 0.409. The topological polar surface area (TPSA) is 129 Å². The molecule has 0 bridgehead atoms. The molecule has 4 aliphatic rings. The molecule has 10 nitrogen and oxygen atoms in total. The third-order valence-electron chi connectivity index (χ3n) is 7.86. The lowest BCUT2D eigenvalue weighted by Gasteiger charge is -2.31. The monoisotopic (exact) mass is 489 g/mol. The number of fused-ring (bicyclic) bond motifs is 7. The first kappa shape index (κ1) is 21.4. The average molecular weight is 489 g/mol. The molecule has 2 N–H and O–H groups in total. The molecule has 0 fully saturated rings. The Bertz CT molecular complexity index is 1610. The standard InChI is InChI=1S/C26H23N3O7/c1-3-26(33)15-6-18-22-13(8-29(18)24(31)14(15)9-34-25(26)32)21-16(27-11(2)30)5-4-12-20(21)17(28-22)7-19-23(12)36-10-35-19/h6-7,16,33H,3-5,8-10H2,1-2H3,(H,27,30)/t16?,26-/m0/s1. The first-order valence-corrected chi connectivity index (χ1v) is 12.0. The number of ether oxygens (including phenoxy) is 3. The van der Waals surface area contributed by atoms with Gasteiger partial charge in [-0.25, -0.2) is 9.78 Å². The van der Waals surface area contributed by atoms with Crippen molar-refractivity contribution in [2.24, 2.45) is 0 Å². The van der Waals surface area contributed by atoms with Gasteiger partial charge in [0.25, 0.3) is 5.56 Å². The van der Waals surface area contributed by atoms with Crippen LogP contribution in [0.5, 0.6) is 11.5 Å². The van der Waals surface area contributed by atoms with Gasteiger partial charge >= 0.3 is 5.97 Å². The van der Waals surface area contributed by atoms with Crippen LogP contribution in [0.25, 0.3) is 22.3 Å². The van der Waals surface area contributed by atoms with Gasteiger partial charge in [0.2, 0.25) is 12.7 Å². The molecule has 0 spiro atoms. The zero-order chi connectivity index (χ0) is 24.9. The normalized spacial score (nSPS) is 22.6. The molecule has 36 heavy (non-hydrogen) atoms. The van der Waals surface area contributed by atoms with Crippen molar-refractivity contribution in [2.75, 3.05) is 6.79 Å². The number of esters is 1. The van der Waals surface area contributed by atoms with E-state index in [1.807, 2.05) is 6.07 Å². The maximum absolute atomic E-state index is 13.6. The van der Waals surface area contributed by atoms with Gasteiger partial charge in [0.05, 0.1) is 35.1 Å². The van der Waals surface area contributed by atoms with Crippen LogP contribution in [-0.2, 0) is 39.5 Å². The van der Waals surface area contributed by atoms with Gasteiger partial charge in [0.15, 0.2) is 17.1 Å². The number of amides is 1. The van der Waals surface area contributed by atoms with E-state index in [1.165, 1.54) is 6.92 Å².